The van der Waals surface area contributed by atoms with Crippen LogP contribution in [0, 0.1) is 0 Å². The Bertz CT molecular complexity index is 715. The molecule has 1 aliphatic rings. The summed E-state index contributed by atoms with van der Waals surface area (Å²) >= 11 is 28.7. The van der Waals surface area contributed by atoms with Gasteiger partial charge in [0.15, 0.2) is 0 Å². The number of carbonyl (C=O) groups excluding carboxylic acids is 2. The largest absolute Gasteiger partial charge is 0.458 e. The van der Waals surface area contributed by atoms with E-state index in [1.807, 2.05) is 0 Å². The summed E-state index contributed by atoms with van der Waals surface area (Å²) in [5.74, 6) is -0.734. The molecule has 0 spiro atoms. The first-order valence-electron chi connectivity index (χ1n) is 6.55. The van der Waals surface area contributed by atoms with Crippen molar-refractivity contribution in [1.29, 1.82) is 0 Å². The molecular weight excluding hydrogens is 421 g/mol. The summed E-state index contributed by atoms with van der Waals surface area (Å²) in [4.78, 5) is 24.2. The summed E-state index contributed by atoms with van der Waals surface area (Å²) in [5.41, 5.74) is 1.05. The molecule has 10 heteroatoms. The maximum absolute atomic E-state index is 12.4. The molecule has 1 aromatic carbocycles. The fourth-order valence-corrected chi connectivity index (χ4v) is 2.60. The lowest BCUT2D eigenvalue weighted by Crippen LogP contribution is -2.45. The number of allylic oxidation sites excluding steroid dienone is 1. The topological polar surface area (TPSA) is 67.4 Å². The standard InChI is InChI=1S/C14H11Cl5N2O3/c1-6-10(12(22)24-5-14(17,18)19)11(21-13(23)20-6)7-2-3-8(15)9(16)4-7/h2-4,11H,5H2,1H3,(H2,20,21,23)/t11-/m0/s1. The number of rotatable bonds is 3. The van der Waals surface area contributed by atoms with E-state index in [2.05, 4.69) is 10.6 Å². The van der Waals surface area contributed by atoms with Crippen LogP contribution in [0.15, 0.2) is 29.5 Å². The second-order valence-electron chi connectivity index (χ2n) is 4.94. The molecule has 1 aromatic rings. The van der Waals surface area contributed by atoms with Crippen molar-refractivity contribution in [3.8, 4) is 0 Å². The maximum Gasteiger partial charge on any atom is 0.338 e. The van der Waals surface area contributed by atoms with E-state index < -0.39 is 28.4 Å². The third-order valence-corrected chi connectivity index (χ3v) is 4.20. The van der Waals surface area contributed by atoms with E-state index in [1.54, 1.807) is 25.1 Å². The van der Waals surface area contributed by atoms with E-state index >= 15 is 0 Å². The molecule has 0 fully saturated rings. The number of ether oxygens (including phenoxy) is 1. The van der Waals surface area contributed by atoms with Gasteiger partial charge < -0.3 is 15.4 Å². The van der Waals surface area contributed by atoms with Crippen molar-refractivity contribution in [2.75, 3.05) is 6.61 Å². The molecule has 0 aromatic heterocycles. The molecule has 2 N–H and O–H groups in total. The van der Waals surface area contributed by atoms with Gasteiger partial charge in [-0.3, -0.25) is 0 Å². The summed E-state index contributed by atoms with van der Waals surface area (Å²) in [6, 6.07) is 3.50. The van der Waals surface area contributed by atoms with Crippen LogP contribution in [0.5, 0.6) is 0 Å². The van der Waals surface area contributed by atoms with Gasteiger partial charge >= 0.3 is 12.0 Å². The minimum absolute atomic E-state index is 0.169. The lowest BCUT2D eigenvalue weighted by atomic mass is 9.95. The Morgan fingerprint density at radius 2 is 1.92 bits per heavy atom. The summed E-state index contributed by atoms with van der Waals surface area (Å²) in [7, 11) is 0. The predicted octanol–water partition coefficient (Wildman–Crippen LogP) is 4.53. The van der Waals surface area contributed by atoms with Crippen LogP contribution < -0.4 is 10.6 Å². The Kier molecular flexibility index (Phi) is 6.15. The monoisotopic (exact) mass is 430 g/mol. The molecular formula is C14H11Cl5N2O3. The first-order valence-corrected chi connectivity index (χ1v) is 8.44. The van der Waals surface area contributed by atoms with Crippen LogP contribution in [-0.2, 0) is 9.53 Å². The van der Waals surface area contributed by atoms with Crippen LogP contribution in [0.1, 0.15) is 18.5 Å². The van der Waals surface area contributed by atoms with E-state index in [0.717, 1.165) is 0 Å². The van der Waals surface area contributed by atoms with Crippen LogP contribution in [0.4, 0.5) is 4.79 Å². The minimum atomic E-state index is -1.74. The molecule has 1 heterocycles. The Hall–Kier alpha value is -0.850. The number of alkyl halides is 3. The van der Waals surface area contributed by atoms with Crippen molar-refractivity contribution in [2.24, 2.45) is 0 Å². The maximum atomic E-state index is 12.4. The molecule has 0 saturated heterocycles. The average molecular weight is 433 g/mol. The Morgan fingerprint density at radius 1 is 1.25 bits per heavy atom. The zero-order valence-corrected chi connectivity index (χ0v) is 15.9. The summed E-state index contributed by atoms with van der Waals surface area (Å²) in [6.07, 6.45) is 0. The second-order valence-corrected chi connectivity index (χ2v) is 8.27. The number of carbonyl (C=O) groups is 2. The second kappa shape index (κ2) is 7.58. The normalized spacial score (nSPS) is 18.1. The van der Waals surface area contributed by atoms with Crippen LogP contribution in [-0.4, -0.2) is 22.4 Å². The van der Waals surface area contributed by atoms with Crippen LogP contribution in [0.3, 0.4) is 0 Å². The van der Waals surface area contributed by atoms with Crippen molar-refractivity contribution in [2.45, 2.75) is 16.8 Å². The molecule has 1 atom stereocenters. The molecule has 2 amide bonds. The number of esters is 1. The van der Waals surface area contributed by atoms with E-state index in [1.165, 1.54) is 0 Å². The minimum Gasteiger partial charge on any atom is -0.458 e. The summed E-state index contributed by atoms with van der Waals surface area (Å²) < 4.78 is 3.27. The Morgan fingerprint density at radius 3 is 2.50 bits per heavy atom. The lowest BCUT2D eigenvalue weighted by molar-refractivity contribution is -0.139. The van der Waals surface area contributed by atoms with Crippen molar-refractivity contribution in [3.05, 3.63) is 45.1 Å². The fourth-order valence-electron chi connectivity index (χ4n) is 2.13. The Balaban J connectivity index is 2.36. The van der Waals surface area contributed by atoms with Crippen molar-refractivity contribution in [3.63, 3.8) is 0 Å². The fraction of sp³-hybridized carbons (Fsp3) is 0.286. The number of halogens is 5. The zero-order valence-electron chi connectivity index (χ0n) is 12.1. The molecule has 2 rings (SSSR count). The van der Waals surface area contributed by atoms with Gasteiger partial charge in [-0.2, -0.15) is 0 Å². The summed E-state index contributed by atoms with van der Waals surface area (Å²) in [6.45, 7) is 1.13. The molecule has 0 radical (unpaired) electrons. The van der Waals surface area contributed by atoms with Crippen LogP contribution in [0.25, 0.3) is 0 Å². The molecule has 0 saturated carbocycles. The third-order valence-electron chi connectivity index (χ3n) is 3.13. The molecule has 0 bridgehead atoms. The number of urea groups is 1. The highest BCUT2D eigenvalue weighted by molar-refractivity contribution is 6.67. The van der Waals surface area contributed by atoms with Gasteiger partial charge in [-0.1, -0.05) is 64.1 Å². The van der Waals surface area contributed by atoms with Gasteiger partial charge in [0.2, 0.25) is 3.79 Å². The molecule has 0 aliphatic carbocycles. The highest BCUT2D eigenvalue weighted by atomic mass is 35.6. The number of hydrogen-bond acceptors (Lipinski definition) is 3. The van der Waals surface area contributed by atoms with Gasteiger partial charge in [0.25, 0.3) is 0 Å². The van der Waals surface area contributed by atoms with Gasteiger partial charge in [0.1, 0.15) is 6.61 Å². The number of benzene rings is 1. The van der Waals surface area contributed by atoms with Crippen molar-refractivity contribution in [1.82, 2.24) is 10.6 Å². The molecule has 24 heavy (non-hydrogen) atoms. The smallest absolute Gasteiger partial charge is 0.338 e. The first-order chi connectivity index (χ1) is 11.1. The van der Waals surface area contributed by atoms with E-state index in [-0.39, 0.29) is 10.6 Å². The van der Waals surface area contributed by atoms with Gasteiger partial charge in [0, 0.05) is 5.70 Å². The van der Waals surface area contributed by atoms with Crippen LogP contribution in [0.2, 0.25) is 10.0 Å². The number of amides is 2. The first kappa shape index (κ1) is 19.5. The number of hydrogen-bond donors (Lipinski definition) is 2. The molecule has 0 unspecified atom stereocenters. The Labute approximate surface area is 163 Å². The molecule has 130 valence electrons. The molecule has 5 nitrogen and oxygen atoms in total. The lowest BCUT2D eigenvalue weighted by Gasteiger charge is -2.28. The van der Waals surface area contributed by atoms with Crippen LogP contribution >= 0.6 is 58.0 Å². The van der Waals surface area contributed by atoms with Gasteiger partial charge in [0.05, 0.1) is 21.7 Å². The molecule has 1 aliphatic heterocycles. The quantitative estimate of drug-likeness (QED) is 0.545. The predicted molar refractivity (Wildman–Crippen MR) is 94.8 cm³/mol. The number of nitrogens with one attached hydrogen (secondary N) is 2. The highest BCUT2D eigenvalue weighted by Crippen LogP contribution is 2.33. The highest BCUT2D eigenvalue weighted by Gasteiger charge is 2.33. The third kappa shape index (κ3) is 4.83. The van der Waals surface area contributed by atoms with Crippen molar-refractivity contribution < 1.29 is 14.3 Å². The van der Waals surface area contributed by atoms with E-state index in [4.69, 9.17) is 62.7 Å². The average Bonchev–Trinajstić information content (AvgIpc) is 2.46. The van der Waals surface area contributed by atoms with E-state index in [9.17, 15) is 9.59 Å². The summed E-state index contributed by atoms with van der Waals surface area (Å²) in [5, 5.41) is 5.77. The van der Waals surface area contributed by atoms with Gasteiger partial charge in [-0.05, 0) is 24.6 Å². The van der Waals surface area contributed by atoms with E-state index in [0.29, 0.717) is 16.3 Å². The SMILES string of the molecule is CC1=C(C(=O)OCC(Cl)(Cl)Cl)[C@H](c2ccc(Cl)c(Cl)c2)NC(=O)N1. The zero-order chi connectivity index (χ0) is 18.1. The van der Waals surface area contributed by atoms with Crippen molar-refractivity contribution >= 4 is 70.0 Å². The van der Waals surface area contributed by atoms with Gasteiger partial charge in [-0.15, -0.1) is 0 Å². The van der Waals surface area contributed by atoms with Gasteiger partial charge in [-0.25, -0.2) is 9.59 Å².